The number of nitrogens with zero attached hydrogens (tertiary/aromatic N) is 3. The van der Waals surface area contributed by atoms with Crippen LogP contribution in [0.3, 0.4) is 0 Å². The summed E-state index contributed by atoms with van der Waals surface area (Å²) in [5.41, 5.74) is 4.47. The van der Waals surface area contributed by atoms with Crippen LogP contribution in [0, 0.1) is 6.92 Å². The molecule has 26 heavy (non-hydrogen) atoms. The highest BCUT2D eigenvalue weighted by Crippen LogP contribution is 2.26. The molecule has 0 N–H and O–H groups in total. The third-order valence-corrected chi connectivity index (χ3v) is 5.60. The largest absolute Gasteiger partial charge is 0.411 e. The third-order valence-electron chi connectivity index (χ3n) is 3.85. The highest BCUT2D eigenvalue weighted by Gasteiger charge is 2.10. The Morgan fingerprint density at radius 1 is 1.00 bits per heavy atom. The molecule has 0 aliphatic heterocycles. The van der Waals surface area contributed by atoms with Crippen molar-refractivity contribution in [1.29, 1.82) is 0 Å². The van der Waals surface area contributed by atoms with E-state index < -0.39 is 0 Å². The van der Waals surface area contributed by atoms with Gasteiger partial charge in [-0.25, -0.2) is 4.98 Å². The quantitative estimate of drug-likeness (QED) is 0.421. The number of benzene rings is 2. The minimum Gasteiger partial charge on any atom is -0.411 e. The average molecular weight is 380 g/mol. The fraction of sp³-hybridized carbons (Fsp3) is 0.150. The van der Waals surface area contributed by atoms with Gasteiger partial charge in [0.05, 0.1) is 10.7 Å². The SMILES string of the molecule is Cc1ccc(-c2nnc(SCc3csc(Cc4ccccc4)n3)o2)cc1. The molecule has 0 radical (unpaired) electrons. The molecule has 2 aromatic heterocycles. The molecule has 2 aromatic carbocycles. The minimum atomic E-state index is 0.551. The van der Waals surface area contributed by atoms with Gasteiger partial charge < -0.3 is 4.42 Å². The third kappa shape index (κ3) is 4.20. The van der Waals surface area contributed by atoms with Crippen molar-refractivity contribution < 1.29 is 4.42 Å². The maximum absolute atomic E-state index is 5.75. The van der Waals surface area contributed by atoms with Crippen molar-refractivity contribution in [3.8, 4) is 11.5 Å². The van der Waals surface area contributed by atoms with E-state index in [9.17, 15) is 0 Å². The number of hydrogen-bond donors (Lipinski definition) is 0. The Morgan fingerprint density at radius 3 is 2.62 bits per heavy atom. The van der Waals surface area contributed by atoms with Gasteiger partial charge >= 0.3 is 0 Å². The van der Waals surface area contributed by atoms with E-state index in [2.05, 4.69) is 46.8 Å². The topological polar surface area (TPSA) is 51.8 Å². The van der Waals surface area contributed by atoms with E-state index in [0.29, 0.717) is 11.1 Å². The van der Waals surface area contributed by atoms with Crippen LogP contribution in [0.1, 0.15) is 21.8 Å². The Hall–Kier alpha value is -2.44. The fourth-order valence-corrected chi connectivity index (χ4v) is 4.07. The van der Waals surface area contributed by atoms with Crippen LogP contribution in [0.25, 0.3) is 11.5 Å². The lowest BCUT2D eigenvalue weighted by molar-refractivity contribution is 0.466. The van der Waals surface area contributed by atoms with Crippen molar-refractivity contribution in [2.45, 2.75) is 24.3 Å². The van der Waals surface area contributed by atoms with Crippen molar-refractivity contribution >= 4 is 23.1 Å². The Labute approximate surface area is 160 Å². The zero-order chi connectivity index (χ0) is 17.8. The summed E-state index contributed by atoms with van der Waals surface area (Å²) in [4.78, 5) is 4.70. The molecule has 0 fully saturated rings. The van der Waals surface area contributed by atoms with Gasteiger partial charge in [-0.1, -0.05) is 59.8 Å². The molecule has 4 aromatic rings. The lowest BCUT2D eigenvalue weighted by Crippen LogP contribution is -1.88. The molecule has 0 unspecified atom stereocenters. The summed E-state index contributed by atoms with van der Waals surface area (Å²) in [6.45, 7) is 2.05. The van der Waals surface area contributed by atoms with Crippen LogP contribution < -0.4 is 0 Å². The number of aryl methyl sites for hydroxylation is 1. The Bertz CT molecular complexity index is 978. The number of thiazole rings is 1. The number of hydrogen-bond acceptors (Lipinski definition) is 6. The minimum absolute atomic E-state index is 0.551. The van der Waals surface area contributed by atoms with Gasteiger partial charge in [0, 0.05) is 23.1 Å². The first-order valence-corrected chi connectivity index (χ1v) is 10.1. The van der Waals surface area contributed by atoms with Crippen LogP contribution >= 0.6 is 23.1 Å². The molecule has 4 rings (SSSR count). The van der Waals surface area contributed by atoms with Gasteiger partial charge in [-0.3, -0.25) is 0 Å². The second-order valence-corrected chi connectivity index (χ2v) is 7.79. The summed E-state index contributed by atoms with van der Waals surface area (Å²) in [6.07, 6.45) is 0.869. The monoisotopic (exact) mass is 379 g/mol. The first kappa shape index (κ1) is 17.0. The second-order valence-electron chi connectivity index (χ2n) is 5.92. The molecular weight excluding hydrogens is 362 g/mol. The van der Waals surface area contributed by atoms with Crippen molar-refractivity contribution in [3.05, 3.63) is 81.8 Å². The molecule has 0 saturated carbocycles. The van der Waals surface area contributed by atoms with Gasteiger partial charge in [0.25, 0.3) is 5.22 Å². The van der Waals surface area contributed by atoms with Gasteiger partial charge in [-0.15, -0.1) is 21.5 Å². The van der Waals surface area contributed by atoms with E-state index in [0.717, 1.165) is 28.4 Å². The van der Waals surface area contributed by atoms with Crippen molar-refractivity contribution in [1.82, 2.24) is 15.2 Å². The molecule has 0 aliphatic rings. The Balaban J connectivity index is 1.37. The molecule has 0 amide bonds. The van der Waals surface area contributed by atoms with E-state index in [4.69, 9.17) is 9.40 Å². The van der Waals surface area contributed by atoms with E-state index in [1.165, 1.54) is 22.9 Å². The fourth-order valence-electron chi connectivity index (χ4n) is 2.48. The van der Waals surface area contributed by atoms with Crippen molar-refractivity contribution in [2.24, 2.45) is 0 Å². The summed E-state index contributed by atoms with van der Waals surface area (Å²) in [5, 5.41) is 12.1. The summed E-state index contributed by atoms with van der Waals surface area (Å²) < 4.78 is 5.75. The van der Waals surface area contributed by atoms with Gasteiger partial charge in [-0.2, -0.15) is 0 Å². The lowest BCUT2D eigenvalue weighted by atomic mass is 10.1. The Morgan fingerprint density at radius 2 is 1.81 bits per heavy atom. The molecule has 0 bridgehead atoms. The highest BCUT2D eigenvalue weighted by molar-refractivity contribution is 7.98. The van der Waals surface area contributed by atoms with Crippen LogP contribution in [0.4, 0.5) is 0 Å². The maximum Gasteiger partial charge on any atom is 0.277 e. The molecule has 0 saturated heterocycles. The van der Waals surface area contributed by atoms with Crippen LogP contribution in [-0.4, -0.2) is 15.2 Å². The smallest absolute Gasteiger partial charge is 0.277 e. The second kappa shape index (κ2) is 7.85. The standard InChI is InChI=1S/C20H17N3OS2/c1-14-7-9-16(10-8-14)19-22-23-20(24-19)26-13-17-12-25-18(21-17)11-15-5-3-2-4-6-15/h2-10,12H,11,13H2,1H3. The van der Waals surface area contributed by atoms with Crippen LogP contribution in [-0.2, 0) is 12.2 Å². The number of thioether (sulfide) groups is 1. The van der Waals surface area contributed by atoms with Crippen LogP contribution in [0.15, 0.2) is 69.6 Å². The molecule has 0 spiro atoms. The van der Waals surface area contributed by atoms with Gasteiger partial charge in [0.2, 0.25) is 5.89 Å². The lowest BCUT2D eigenvalue weighted by Gasteiger charge is -1.96. The number of aromatic nitrogens is 3. The zero-order valence-electron chi connectivity index (χ0n) is 14.3. The Kier molecular flexibility index (Phi) is 5.13. The van der Waals surface area contributed by atoms with Crippen molar-refractivity contribution in [3.63, 3.8) is 0 Å². The van der Waals surface area contributed by atoms with Crippen LogP contribution in [0.2, 0.25) is 0 Å². The normalized spacial score (nSPS) is 11.0. The molecule has 130 valence electrons. The molecule has 0 atom stereocenters. The predicted molar refractivity (Wildman–Crippen MR) is 105 cm³/mol. The molecular formula is C20H17N3OS2. The molecule has 0 aliphatic carbocycles. The first-order chi connectivity index (χ1) is 12.8. The van der Waals surface area contributed by atoms with E-state index in [-0.39, 0.29) is 0 Å². The van der Waals surface area contributed by atoms with Gasteiger partial charge in [0.1, 0.15) is 0 Å². The number of rotatable bonds is 6. The van der Waals surface area contributed by atoms with Crippen molar-refractivity contribution in [2.75, 3.05) is 0 Å². The van der Waals surface area contributed by atoms with E-state index in [1.54, 1.807) is 11.3 Å². The highest BCUT2D eigenvalue weighted by atomic mass is 32.2. The maximum atomic E-state index is 5.75. The van der Waals surface area contributed by atoms with E-state index in [1.807, 2.05) is 30.3 Å². The average Bonchev–Trinajstić information content (AvgIpc) is 3.31. The summed E-state index contributed by atoms with van der Waals surface area (Å²) >= 11 is 3.21. The molecule has 6 heteroatoms. The first-order valence-electron chi connectivity index (χ1n) is 8.27. The summed E-state index contributed by atoms with van der Waals surface area (Å²) in [5.74, 6) is 1.27. The van der Waals surface area contributed by atoms with Gasteiger partial charge in [-0.05, 0) is 24.6 Å². The van der Waals surface area contributed by atoms with Gasteiger partial charge in [0.15, 0.2) is 0 Å². The zero-order valence-corrected chi connectivity index (χ0v) is 15.9. The molecule has 4 nitrogen and oxygen atoms in total. The predicted octanol–water partition coefficient (Wildman–Crippen LogP) is 5.38. The van der Waals surface area contributed by atoms with Crippen LogP contribution in [0.5, 0.6) is 0 Å². The molecule has 2 heterocycles. The summed E-state index contributed by atoms with van der Waals surface area (Å²) in [7, 11) is 0. The van der Waals surface area contributed by atoms with E-state index >= 15 is 0 Å². The summed E-state index contributed by atoms with van der Waals surface area (Å²) in [6, 6.07) is 18.5.